The number of methoxy groups -OCH3 is 4. The topological polar surface area (TPSA) is 105 Å². The Morgan fingerprint density at radius 2 is 0.737 bits per heavy atom. The van der Waals surface area contributed by atoms with Crippen molar-refractivity contribution in [2.75, 3.05) is 28.4 Å². The van der Waals surface area contributed by atoms with E-state index in [9.17, 15) is 19.2 Å². The Morgan fingerprint density at radius 1 is 0.474 bits per heavy atom. The monoisotopic (exact) mass is 554 g/mol. The summed E-state index contributed by atoms with van der Waals surface area (Å²) >= 11 is 0. The van der Waals surface area contributed by atoms with Crippen LogP contribution in [0.15, 0.2) is 82.2 Å². The molecule has 38 heavy (non-hydrogen) atoms. The van der Waals surface area contributed by atoms with Gasteiger partial charge in [0.25, 0.3) is 0 Å². The normalized spacial score (nSPS) is 12.9. The molecule has 0 aliphatic rings. The van der Waals surface area contributed by atoms with Crippen LogP contribution in [-0.2, 0) is 38.1 Å². The Kier molecular flexibility index (Phi) is 10.1. The van der Waals surface area contributed by atoms with Crippen molar-refractivity contribution in [3.05, 3.63) is 82.2 Å². The summed E-state index contributed by atoms with van der Waals surface area (Å²) in [6, 6.07) is 18.3. The van der Waals surface area contributed by atoms with Gasteiger partial charge in [0.15, 0.2) is 0 Å². The van der Waals surface area contributed by atoms with Crippen LogP contribution in [0.3, 0.4) is 0 Å². The molecule has 0 spiro atoms. The molecule has 0 radical (unpaired) electrons. The highest BCUT2D eigenvalue weighted by Crippen LogP contribution is 2.32. The van der Waals surface area contributed by atoms with Crippen molar-refractivity contribution in [1.82, 2.24) is 0 Å². The summed E-state index contributed by atoms with van der Waals surface area (Å²) in [5.74, 6) is -3.56. The molecule has 0 aliphatic carbocycles. The summed E-state index contributed by atoms with van der Waals surface area (Å²) < 4.78 is 20.5. The van der Waals surface area contributed by atoms with E-state index in [2.05, 4.69) is 0 Å². The van der Waals surface area contributed by atoms with Crippen LogP contribution >= 0.6 is 0 Å². The lowest BCUT2D eigenvalue weighted by atomic mass is 10.0. The molecule has 202 valence electrons. The zero-order chi connectivity index (χ0) is 28.7. The first-order valence-corrected chi connectivity index (χ1v) is 17.8. The van der Waals surface area contributed by atoms with Gasteiger partial charge in [-0.2, -0.15) is 0 Å². The smallest absolute Gasteiger partial charge is 0.338 e. The van der Waals surface area contributed by atoms with E-state index in [-0.39, 0.29) is 21.5 Å². The third kappa shape index (κ3) is 6.03. The van der Waals surface area contributed by atoms with Gasteiger partial charge in [-0.3, -0.25) is 0 Å². The van der Waals surface area contributed by atoms with Gasteiger partial charge in [0.1, 0.15) is 16.1 Å². The number of esters is 4. The lowest BCUT2D eigenvalue weighted by Crippen LogP contribution is -2.50. The Morgan fingerprint density at radius 3 is 0.974 bits per heavy atom. The number of carbonyl (C=O) groups excluding carboxylic acids is 4. The van der Waals surface area contributed by atoms with Crippen molar-refractivity contribution >= 4 is 50.4 Å². The molecular weight excluding hydrogens is 520 g/mol. The van der Waals surface area contributed by atoms with E-state index in [1.54, 1.807) is 0 Å². The minimum Gasteiger partial charge on any atom is -0.466 e. The van der Waals surface area contributed by atoms with Crippen LogP contribution in [0.2, 0.25) is 26.2 Å². The van der Waals surface area contributed by atoms with E-state index in [0.29, 0.717) is 0 Å². The number of benzene rings is 2. The summed E-state index contributed by atoms with van der Waals surface area (Å²) in [6.45, 7) is 7.40. The van der Waals surface area contributed by atoms with Crippen molar-refractivity contribution in [3.63, 3.8) is 0 Å². The SMILES string of the molecule is COC(=O)C(=C(/C(=O)OC)[Si](C)(C)c1ccccc1)/C(C(=O)OC)=C(/C(=O)OC)[Si](C)(C)c1ccccc1. The maximum Gasteiger partial charge on any atom is 0.338 e. The summed E-state index contributed by atoms with van der Waals surface area (Å²) in [5.41, 5.74) is -0.716. The van der Waals surface area contributed by atoms with Gasteiger partial charge in [-0.05, 0) is 0 Å². The van der Waals surface area contributed by atoms with Crippen molar-refractivity contribution in [2.45, 2.75) is 26.2 Å². The van der Waals surface area contributed by atoms with E-state index in [1.165, 1.54) is 14.2 Å². The number of hydrogen-bond acceptors (Lipinski definition) is 8. The van der Waals surface area contributed by atoms with Gasteiger partial charge in [-0.1, -0.05) is 97.2 Å². The van der Waals surface area contributed by atoms with Crippen molar-refractivity contribution < 1.29 is 38.1 Å². The zero-order valence-electron chi connectivity index (χ0n) is 23.0. The van der Waals surface area contributed by atoms with Crippen molar-refractivity contribution in [1.29, 1.82) is 0 Å². The van der Waals surface area contributed by atoms with E-state index in [0.717, 1.165) is 24.6 Å². The average molecular weight is 555 g/mol. The molecule has 0 heterocycles. The van der Waals surface area contributed by atoms with Gasteiger partial charge in [-0.25, -0.2) is 19.2 Å². The molecule has 2 rings (SSSR count). The number of ether oxygens (including phenoxy) is 4. The largest absolute Gasteiger partial charge is 0.466 e. The highest BCUT2D eigenvalue weighted by molar-refractivity contribution is 7.00. The fourth-order valence-corrected chi connectivity index (χ4v) is 9.96. The molecule has 0 saturated heterocycles. The Balaban J connectivity index is 3.27. The van der Waals surface area contributed by atoms with Crippen molar-refractivity contribution in [2.24, 2.45) is 0 Å². The number of carbonyl (C=O) groups is 4. The second-order valence-electron chi connectivity index (χ2n) is 9.45. The molecule has 0 unspecified atom stereocenters. The lowest BCUT2D eigenvalue weighted by Gasteiger charge is -2.30. The fraction of sp³-hybridized carbons (Fsp3) is 0.286. The highest BCUT2D eigenvalue weighted by Gasteiger charge is 2.46. The Bertz CT molecular complexity index is 1160. The summed E-state index contributed by atoms with van der Waals surface area (Å²) in [6.07, 6.45) is 0. The van der Waals surface area contributed by atoms with Crippen LogP contribution in [0.5, 0.6) is 0 Å². The molecule has 0 atom stereocenters. The molecule has 0 N–H and O–H groups in total. The van der Waals surface area contributed by atoms with Gasteiger partial charge in [0.2, 0.25) is 0 Å². The first-order chi connectivity index (χ1) is 17.9. The predicted molar refractivity (Wildman–Crippen MR) is 149 cm³/mol. The number of rotatable bonds is 9. The Hall–Kier alpha value is -3.77. The molecule has 2 aromatic rings. The van der Waals surface area contributed by atoms with Crippen LogP contribution in [0.25, 0.3) is 0 Å². The Labute approximate surface area is 225 Å². The second-order valence-corrected chi connectivity index (χ2v) is 18.1. The molecule has 0 aromatic heterocycles. The van der Waals surface area contributed by atoms with Crippen LogP contribution in [0.4, 0.5) is 0 Å². The maximum absolute atomic E-state index is 13.5. The summed E-state index contributed by atoms with van der Waals surface area (Å²) in [5, 5.41) is 1.53. The summed E-state index contributed by atoms with van der Waals surface area (Å²) in [4.78, 5) is 54.0. The molecule has 0 bridgehead atoms. The van der Waals surface area contributed by atoms with Gasteiger partial charge < -0.3 is 18.9 Å². The van der Waals surface area contributed by atoms with Gasteiger partial charge in [-0.15, -0.1) is 0 Å². The quantitative estimate of drug-likeness (QED) is 0.153. The van der Waals surface area contributed by atoms with Gasteiger partial charge in [0, 0.05) is 10.4 Å². The standard InChI is InChI=1S/C28H34O8Si2/c1-33-25(29)21(23(27(31)35-3)37(5,6)19-15-11-9-12-16-19)22(26(30)34-2)24(28(32)36-4)38(7,8)20-17-13-10-14-18-20/h9-18H,1-8H3/b23-21-,24-22+. The van der Waals surface area contributed by atoms with Crippen LogP contribution < -0.4 is 10.4 Å². The molecule has 8 nitrogen and oxygen atoms in total. The third-order valence-corrected chi connectivity index (χ3v) is 13.5. The molecule has 0 fully saturated rings. The molecule has 0 aliphatic heterocycles. The zero-order valence-corrected chi connectivity index (χ0v) is 25.0. The lowest BCUT2D eigenvalue weighted by molar-refractivity contribution is -0.141. The molecule has 10 heteroatoms. The van der Waals surface area contributed by atoms with E-state index < -0.39 is 40.0 Å². The summed E-state index contributed by atoms with van der Waals surface area (Å²) in [7, 11) is -1.46. The highest BCUT2D eigenvalue weighted by atomic mass is 28.3. The van der Waals surface area contributed by atoms with Crippen LogP contribution in [0.1, 0.15) is 0 Å². The first kappa shape index (κ1) is 30.5. The second kappa shape index (κ2) is 12.7. The van der Waals surface area contributed by atoms with E-state index >= 15 is 0 Å². The maximum atomic E-state index is 13.5. The molecular formula is C28H34O8Si2. The number of hydrogen-bond donors (Lipinski definition) is 0. The van der Waals surface area contributed by atoms with E-state index in [4.69, 9.17) is 18.9 Å². The van der Waals surface area contributed by atoms with E-state index in [1.807, 2.05) is 86.9 Å². The van der Waals surface area contributed by atoms with Gasteiger partial charge >= 0.3 is 23.9 Å². The van der Waals surface area contributed by atoms with Crippen LogP contribution in [-0.4, -0.2) is 68.5 Å². The average Bonchev–Trinajstić information content (AvgIpc) is 2.93. The minimum atomic E-state index is -3.06. The third-order valence-electron chi connectivity index (χ3n) is 6.55. The first-order valence-electron chi connectivity index (χ1n) is 11.8. The van der Waals surface area contributed by atoms with Crippen molar-refractivity contribution in [3.8, 4) is 0 Å². The molecule has 2 aromatic carbocycles. The predicted octanol–water partition coefficient (Wildman–Crippen LogP) is 2.58. The van der Waals surface area contributed by atoms with Gasteiger partial charge in [0.05, 0.1) is 39.6 Å². The molecule has 0 amide bonds. The van der Waals surface area contributed by atoms with Crippen LogP contribution in [0, 0.1) is 0 Å². The molecule has 0 saturated carbocycles. The fourth-order valence-electron chi connectivity index (χ4n) is 4.40. The minimum absolute atomic E-state index is 0.0299.